The second kappa shape index (κ2) is 19.5. The molecule has 0 unspecified atom stereocenters. The lowest BCUT2D eigenvalue weighted by atomic mass is 9.88. The Morgan fingerprint density at radius 2 is 1.17 bits per heavy atom. The van der Waals surface area contributed by atoms with E-state index in [1.807, 2.05) is 20.8 Å². The number of nitrogens with zero attached hydrogens (tertiary/aromatic N) is 1. The number of hydrogen-bond acceptors (Lipinski definition) is 9. The molecule has 208 valence electrons. The third-order valence-electron chi connectivity index (χ3n) is 4.63. The Balaban J connectivity index is 4.35. The number of amides is 3. The maximum absolute atomic E-state index is 12.9. The minimum Gasteiger partial charge on any atom is -0.448 e. The van der Waals surface area contributed by atoms with Gasteiger partial charge in [-0.25, -0.2) is 29.1 Å². The Morgan fingerprint density at radius 3 is 1.53 bits per heavy atom. The van der Waals surface area contributed by atoms with Gasteiger partial charge in [0, 0.05) is 18.5 Å². The molecule has 12 heteroatoms. The Labute approximate surface area is 214 Å². The van der Waals surface area contributed by atoms with Crippen molar-refractivity contribution in [2.75, 3.05) is 65.8 Å². The van der Waals surface area contributed by atoms with Crippen LogP contribution in [-0.2, 0) is 33.8 Å². The van der Waals surface area contributed by atoms with Crippen molar-refractivity contribution in [1.29, 1.82) is 0 Å². The minimum absolute atomic E-state index is 0.0297. The smallest absolute Gasteiger partial charge is 0.407 e. The number of carbonyl (C=O) groups is 3. The number of ether oxygens (including phenoxy) is 2. The van der Waals surface area contributed by atoms with Crippen LogP contribution in [0.25, 0.3) is 0 Å². The lowest BCUT2D eigenvalue weighted by Gasteiger charge is -2.31. The Hall–Kier alpha value is -2.67. The lowest BCUT2D eigenvalue weighted by molar-refractivity contribution is -0.286. The molecule has 0 atom stereocenters. The van der Waals surface area contributed by atoms with Crippen molar-refractivity contribution in [3.63, 3.8) is 0 Å². The van der Waals surface area contributed by atoms with E-state index in [2.05, 4.69) is 23.8 Å². The van der Waals surface area contributed by atoms with Gasteiger partial charge in [-0.3, -0.25) is 4.79 Å². The molecule has 12 nitrogen and oxygen atoms in total. The van der Waals surface area contributed by atoms with Crippen molar-refractivity contribution in [2.24, 2.45) is 5.41 Å². The summed E-state index contributed by atoms with van der Waals surface area (Å²) in [4.78, 5) is 57.6. The highest BCUT2D eigenvalue weighted by Crippen LogP contribution is 2.22. The quantitative estimate of drug-likeness (QED) is 0.108. The van der Waals surface area contributed by atoms with Crippen LogP contribution in [0.3, 0.4) is 0 Å². The molecule has 0 spiro atoms. The predicted octanol–water partition coefficient (Wildman–Crippen LogP) is 2.75. The van der Waals surface area contributed by atoms with E-state index in [9.17, 15) is 14.4 Å². The molecule has 3 amide bonds. The van der Waals surface area contributed by atoms with Crippen molar-refractivity contribution < 1.29 is 43.4 Å². The van der Waals surface area contributed by atoms with Crippen molar-refractivity contribution in [3.8, 4) is 0 Å². The van der Waals surface area contributed by atoms with Gasteiger partial charge in [0.05, 0.1) is 26.3 Å². The van der Waals surface area contributed by atoms with E-state index < -0.39 is 17.6 Å². The molecule has 0 aromatic carbocycles. The van der Waals surface area contributed by atoms with Crippen LogP contribution in [0.1, 0.15) is 41.0 Å². The number of alkyl carbamates (subject to hydrolysis) is 2. The third kappa shape index (κ3) is 17.7. The average molecular weight is 518 g/mol. The van der Waals surface area contributed by atoms with Crippen LogP contribution in [0.15, 0.2) is 24.3 Å². The second-order valence-electron chi connectivity index (χ2n) is 8.74. The first-order chi connectivity index (χ1) is 17.0. The van der Waals surface area contributed by atoms with Crippen molar-refractivity contribution in [3.05, 3.63) is 24.3 Å². The molecule has 0 aromatic heterocycles. The topological polar surface area (TPSA) is 134 Å². The molecule has 0 aliphatic heterocycles. The van der Waals surface area contributed by atoms with Gasteiger partial charge in [-0.2, -0.15) is 0 Å². The van der Waals surface area contributed by atoms with Crippen LogP contribution in [0.2, 0.25) is 0 Å². The van der Waals surface area contributed by atoms with Crippen molar-refractivity contribution >= 4 is 18.1 Å². The fourth-order valence-corrected chi connectivity index (χ4v) is 2.29. The second-order valence-corrected chi connectivity index (χ2v) is 8.74. The average Bonchev–Trinajstić information content (AvgIpc) is 2.81. The van der Waals surface area contributed by atoms with E-state index in [0.717, 1.165) is 11.1 Å². The van der Waals surface area contributed by atoms with E-state index in [0.29, 0.717) is 6.42 Å². The summed E-state index contributed by atoms with van der Waals surface area (Å²) >= 11 is 0. The molecule has 0 aliphatic rings. The first-order valence-electron chi connectivity index (χ1n) is 11.9. The summed E-state index contributed by atoms with van der Waals surface area (Å²) in [5.74, 6) is -0.135. The molecule has 0 fully saturated rings. The largest absolute Gasteiger partial charge is 0.448 e. The maximum Gasteiger partial charge on any atom is 0.407 e. The molecule has 2 N–H and O–H groups in total. The fraction of sp³-hybridized carbons (Fsp3) is 0.708. The van der Waals surface area contributed by atoms with Gasteiger partial charge in [0.1, 0.15) is 26.4 Å². The minimum atomic E-state index is -0.647. The van der Waals surface area contributed by atoms with Gasteiger partial charge in [0.15, 0.2) is 0 Å². The lowest BCUT2D eigenvalue weighted by Crippen LogP contribution is -2.45. The highest BCUT2D eigenvalue weighted by atomic mass is 17.2. The zero-order valence-electron chi connectivity index (χ0n) is 22.3. The summed E-state index contributed by atoms with van der Waals surface area (Å²) in [7, 11) is 0. The Bertz CT molecular complexity index is 654. The molecule has 36 heavy (non-hydrogen) atoms. The number of hydrogen-bond donors (Lipinski definition) is 2. The van der Waals surface area contributed by atoms with Gasteiger partial charge in [-0.05, 0) is 20.3 Å². The summed E-state index contributed by atoms with van der Waals surface area (Å²) in [6.07, 6.45) is -0.678. The molecular formula is C24H43N3O9. The van der Waals surface area contributed by atoms with Crippen LogP contribution >= 0.6 is 0 Å². The van der Waals surface area contributed by atoms with E-state index in [1.165, 1.54) is 4.90 Å². The monoisotopic (exact) mass is 517 g/mol. The molecule has 0 saturated carbocycles. The molecule has 0 aliphatic carbocycles. The molecule has 0 radical (unpaired) electrons. The Morgan fingerprint density at radius 1 is 0.750 bits per heavy atom. The van der Waals surface area contributed by atoms with Crippen LogP contribution in [0.5, 0.6) is 0 Å². The standard InChI is InChI=1S/C24H43N3O9/c1-8-24(6,7)21(28)27(11-15-31-22(29)25-9-13-33-35-17-19(2)3)12-16-32-23(30)26-10-14-34-36-18-20(4)5/h2,4,8-18H2,1,3,5-7H3,(H,25,29)(H,26,30). The molecule has 0 saturated heterocycles. The molecule has 0 aromatic rings. The number of rotatable bonds is 20. The van der Waals surface area contributed by atoms with Crippen molar-refractivity contribution in [1.82, 2.24) is 15.5 Å². The molecule has 0 heterocycles. The van der Waals surface area contributed by atoms with Gasteiger partial charge in [0.25, 0.3) is 0 Å². The van der Waals surface area contributed by atoms with Crippen molar-refractivity contribution in [2.45, 2.75) is 41.0 Å². The van der Waals surface area contributed by atoms with E-state index in [4.69, 9.17) is 29.0 Å². The normalized spacial score (nSPS) is 10.9. The van der Waals surface area contributed by atoms with Gasteiger partial charge in [0.2, 0.25) is 5.91 Å². The van der Waals surface area contributed by atoms with Crippen LogP contribution < -0.4 is 10.6 Å². The van der Waals surface area contributed by atoms with Gasteiger partial charge in [-0.1, -0.05) is 45.1 Å². The zero-order valence-corrected chi connectivity index (χ0v) is 22.3. The number of carbonyl (C=O) groups excluding carboxylic acids is 3. The third-order valence-corrected chi connectivity index (χ3v) is 4.63. The fourth-order valence-electron chi connectivity index (χ4n) is 2.29. The first-order valence-corrected chi connectivity index (χ1v) is 11.9. The first kappa shape index (κ1) is 33.3. The van der Waals surface area contributed by atoms with E-state index in [-0.39, 0.29) is 71.7 Å². The summed E-state index contributed by atoms with van der Waals surface area (Å²) in [6.45, 7) is 18.0. The highest BCUT2D eigenvalue weighted by Gasteiger charge is 2.30. The summed E-state index contributed by atoms with van der Waals surface area (Å²) < 4.78 is 10.3. The summed E-state index contributed by atoms with van der Waals surface area (Å²) in [6, 6.07) is 0. The predicted molar refractivity (Wildman–Crippen MR) is 133 cm³/mol. The van der Waals surface area contributed by atoms with Gasteiger partial charge in [-0.15, -0.1) is 0 Å². The van der Waals surface area contributed by atoms with Gasteiger partial charge < -0.3 is 25.0 Å². The van der Waals surface area contributed by atoms with Crippen LogP contribution in [-0.4, -0.2) is 88.8 Å². The van der Waals surface area contributed by atoms with Crippen LogP contribution in [0.4, 0.5) is 9.59 Å². The Kier molecular flexibility index (Phi) is 18.1. The summed E-state index contributed by atoms with van der Waals surface area (Å²) in [5, 5.41) is 5.04. The maximum atomic E-state index is 12.9. The number of nitrogens with one attached hydrogen (secondary N) is 2. The van der Waals surface area contributed by atoms with E-state index in [1.54, 1.807) is 13.8 Å². The van der Waals surface area contributed by atoms with Crippen LogP contribution in [0, 0.1) is 5.41 Å². The SMILES string of the molecule is C=C(C)COOCCNC(=O)OCCN(CCOC(=O)NCCOOCC(=C)C)C(=O)C(C)(C)CC. The molecule has 0 rings (SSSR count). The highest BCUT2D eigenvalue weighted by molar-refractivity contribution is 5.82. The van der Waals surface area contributed by atoms with Gasteiger partial charge >= 0.3 is 12.2 Å². The zero-order chi connectivity index (χ0) is 27.4. The van der Waals surface area contributed by atoms with E-state index >= 15 is 0 Å². The molecular weight excluding hydrogens is 474 g/mol. The summed E-state index contributed by atoms with van der Waals surface area (Å²) in [5.41, 5.74) is 1.01. The molecule has 0 bridgehead atoms.